The first-order valence-electron chi connectivity index (χ1n) is 10.4. The maximum atomic E-state index is 12.6. The van der Waals surface area contributed by atoms with Gasteiger partial charge in [-0.1, -0.05) is 55.5 Å². The van der Waals surface area contributed by atoms with Crippen LogP contribution in [0.1, 0.15) is 18.9 Å². The van der Waals surface area contributed by atoms with Gasteiger partial charge in [0.25, 0.3) is 5.91 Å². The summed E-state index contributed by atoms with van der Waals surface area (Å²) >= 11 is 0. The number of aryl methyl sites for hydroxylation is 1. The van der Waals surface area contributed by atoms with Gasteiger partial charge in [0.05, 0.1) is 11.6 Å². The predicted octanol–water partition coefficient (Wildman–Crippen LogP) is 3.94. The molecule has 3 aromatic rings. The monoisotopic (exact) mass is 416 g/mol. The van der Waals surface area contributed by atoms with Crippen LogP contribution in [0, 0.1) is 5.92 Å². The predicted molar refractivity (Wildman–Crippen MR) is 120 cm³/mol. The molecule has 1 N–H and O–H groups in total. The molecule has 2 amide bonds. The second-order valence-corrected chi connectivity index (χ2v) is 7.61. The molecule has 0 unspecified atom stereocenters. The first kappa shape index (κ1) is 20.6. The lowest BCUT2D eigenvalue weighted by molar-refractivity contribution is -0.151. The Balaban J connectivity index is 1.35. The van der Waals surface area contributed by atoms with Crippen LogP contribution in [-0.2, 0) is 25.5 Å². The van der Waals surface area contributed by atoms with Crippen molar-refractivity contribution >= 4 is 39.9 Å². The highest BCUT2D eigenvalue weighted by Crippen LogP contribution is 2.32. The van der Waals surface area contributed by atoms with Crippen LogP contribution in [0.2, 0.25) is 0 Å². The van der Waals surface area contributed by atoms with E-state index in [-0.39, 0.29) is 25.5 Å². The largest absolute Gasteiger partial charge is 0.455 e. The van der Waals surface area contributed by atoms with Gasteiger partial charge in [-0.05, 0) is 35.6 Å². The molecule has 3 aromatic carbocycles. The first-order valence-corrected chi connectivity index (χ1v) is 10.4. The molecule has 1 atom stereocenters. The van der Waals surface area contributed by atoms with Gasteiger partial charge in [0.1, 0.15) is 0 Å². The van der Waals surface area contributed by atoms with E-state index < -0.39 is 17.8 Å². The quantitative estimate of drug-likeness (QED) is 0.618. The molecule has 1 heterocycles. The Labute approximate surface area is 180 Å². The number of nitrogens with zero attached hydrogens (tertiary/aromatic N) is 1. The number of benzene rings is 3. The topological polar surface area (TPSA) is 75.7 Å². The molecule has 6 nitrogen and oxygen atoms in total. The lowest BCUT2D eigenvalue weighted by Gasteiger charge is -2.18. The van der Waals surface area contributed by atoms with Crippen molar-refractivity contribution in [3.05, 3.63) is 72.3 Å². The highest BCUT2D eigenvalue weighted by molar-refractivity contribution is 6.06. The van der Waals surface area contributed by atoms with Crippen LogP contribution in [0.3, 0.4) is 0 Å². The highest BCUT2D eigenvalue weighted by atomic mass is 16.5. The zero-order valence-corrected chi connectivity index (χ0v) is 17.3. The average Bonchev–Trinajstić information content (AvgIpc) is 3.19. The van der Waals surface area contributed by atoms with Crippen LogP contribution in [0.4, 0.5) is 11.4 Å². The molecular formula is C25H24N2O4. The second kappa shape index (κ2) is 9.00. The van der Waals surface area contributed by atoms with Gasteiger partial charge in [0, 0.05) is 24.0 Å². The molecule has 0 aliphatic carbocycles. The van der Waals surface area contributed by atoms with Crippen molar-refractivity contribution in [2.45, 2.75) is 19.8 Å². The van der Waals surface area contributed by atoms with Crippen molar-refractivity contribution in [2.75, 3.05) is 23.4 Å². The number of rotatable bonds is 6. The highest BCUT2D eigenvalue weighted by Gasteiger charge is 2.36. The molecule has 0 spiro atoms. The average molecular weight is 416 g/mol. The standard InChI is InChI=1S/C25H24N2O4/c1-2-17-10-12-20(13-11-17)26-23(28)16-31-25(30)19-14-24(29)27(15-19)22-9-5-7-18-6-3-4-8-21(18)22/h3-13,19H,2,14-16H2,1H3,(H,26,28)/t19-/m0/s1. The van der Waals surface area contributed by atoms with E-state index in [0.29, 0.717) is 5.69 Å². The molecule has 0 saturated carbocycles. The van der Waals surface area contributed by atoms with Crippen molar-refractivity contribution in [3.8, 4) is 0 Å². The van der Waals surface area contributed by atoms with Gasteiger partial charge in [0.2, 0.25) is 5.91 Å². The van der Waals surface area contributed by atoms with Gasteiger partial charge in [-0.15, -0.1) is 0 Å². The summed E-state index contributed by atoms with van der Waals surface area (Å²) in [5, 5.41) is 4.70. The summed E-state index contributed by atoms with van der Waals surface area (Å²) < 4.78 is 5.20. The number of anilines is 2. The fourth-order valence-corrected chi connectivity index (χ4v) is 3.82. The van der Waals surface area contributed by atoms with Crippen molar-refractivity contribution in [2.24, 2.45) is 5.92 Å². The Kier molecular flexibility index (Phi) is 5.98. The fraction of sp³-hybridized carbons (Fsp3) is 0.240. The number of nitrogens with one attached hydrogen (secondary N) is 1. The number of ether oxygens (including phenoxy) is 1. The zero-order chi connectivity index (χ0) is 21.8. The Morgan fingerprint density at radius 3 is 2.55 bits per heavy atom. The summed E-state index contributed by atoms with van der Waals surface area (Å²) in [4.78, 5) is 38.8. The molecular weight excluding hydrogens is 392 g/mol. The number of amides is 2. The summed E-state index contributed by atoms with van der Waals surface area (Å²) in [5.41, 5.74) is 2.61. The Morgan fingerprint density at radius 1 is 1.03 bits per heavy atom. The molecule has 31 heavy (non-hydrogen) atoms. The lowest BCUT2D eigenvalue weighted by atomic mass is 10.1. The van der Waals surface area contributed by atoms with E-state index in [1.54, 1.807) is 4.90 Å². The minimum atomic E-state index is -0.594. The van der Waals surface area contributed by atoms with Gasteiger partial charge >= 0.3 is 5.97 Å². The van der Waals surface area contributed by atoms with Crippen LogP contribution in [0.15, 0.2) is 66.7 Å². The van der Waals surface area contributed by atoms with Gasteiger partial charge in [0.15, 0.2) is 6.61 Å². The van der Waals surface area contributed by atoms with E-state index in [1.165, 1.54) is 5.56 Å². The van der Waals surface area contributed by atoms with E-state index in [2.05, 4.69) is 12.2 Å². The van der Waals surface area contributed by atoms with E-state index in [1.807, 2.05) is 66.7 Å². The van der Waals surface area contributed by atoms with Crippen LogP contribution >= 0.6 is 0 Å². The maximum Gasteiger partial charge on any atom is 0.311 e. The van der Waals surface area contributed by atoms with Gasteiger partial charge in [-0.25, -0.2) is 0 Å². The second-order valence-electron chi connectivity index (χ2n) is 7.61. The van der Waals surface area contributed by atoms with E-state index in [0.717, 1.165) is 22.9 Å². The molecule has 0 aromatic heterocycles. The summed E-state index contributed by atoms with van der Waals surface area (Å²) in [7, 11) is 0. The Morgan fingerprint density at radius 2 is 1.77 bits per heavy atom. The molecule has 6 heteroatoms. The zero-order valence-electron chi connectivity index (χ0n) is 17.3. The SMILES string of the molecule is CCc1ccc(NC(=O)COC(=O)[C@H]2CC(=O)N(c3cccc4ccccc34)C2)cc1. The molecule has 1 fully saturated rings. The van der Waals surface area contributed by atoms with Gasteiger partial charge < -0.3 is 15.0 Å². The summed E-state index contributed by atoms with van der Waals surface area (Å²) in [6, 6.07) is 21.1. The molecule has 158 valence electrons. The number of carbonyl (C=O) groups excluding carboxylic acids is 3. The van der Waals surface area contributed by atoms with E-state index in [9.17, 15) is 14.4 Å². The number of fused-ring (bicyclic) bond motifs is 1. The fourth-order valence-electron chi connectivity index (χ4n) is 3.82. The molecule has 0 radical (unpaired) electrons. The number of carbonyl (C=O) groups is 3. The lowest BCUT2D eigenvalue weighted by Crippen LogP contribution is -2.28. The number of esters is 1. The van der Waals surface area contributed by atoms with Crippen LogP contribution in [0.5, 0.6) is 0 Å². The molecule has 1 aliphatic heterocycles. The number of hydrogen-bond acceptors (Lipinski definition) is 4. The Bertz CT molecular complexity index is 1120. The van der Waals surface area contributed by atoms with E-state index >= 15 is 0 Å². The summed E-state index contributed by atoms with van der Waals surface area (Å²) in [6.45, 7) is 1.92. The van der Waals surface area contributed by atoms with Crippen LogP contribution in [-0.4, -0.2) is 30.9 Å². The van der Waals surface area contributed by atoms with Crippen molar-refractivity contribution in [1.29, 1.82) is 0 Å². The first-order chi connectivity index (χ1) is 15.0. The minimum absolute atomic E-state index is 0.0716. The summed E-state index contributed by atoms with van der Waals surface area (Å²) in [5.74, 6) is -1.66. The van der Waals surface area contributed by atoms with Gasteiger partial charge in [-0.2, -0.15) is 0 Å². The normalized spacial score (nSPS) is 15.8. The van der Waals surface area contributed by atoms with Crippen molar-refractivity contribution in [3.63, 3.8) is 0 Å². The molecule has 1 aliphatic rings. The van der Waals surface area contributed by atoms with Crippen molar-refractivity contribution < 1.29 is 19.1 Å². The van der Waals surface area contributed by atoms with Gasteiger partial charge in [-0.3, -0.25) is 14.4 Å². The minimum Gasteiger partial charge on any atom is -0.455 e. The van der Waals surface area contributed by atoms with Crippen LogP contribution in [0.25, 0.3) is 10.8 Å². The third-order valence-corrected chi connectivity index (χ3v) is 5.51. The smallest absolute Gasteiger partial charge is 0.311 e. The molecule has 0 bridgehead atoms. The maximum absolute atomic E-state index is 12.6. The van der Waals surface area contributed by atoms with Crippen LogP contribution < -0.4 is 10.2 Å². The third-order valence-electron chi connectivity index (χ3n) is 5.51. The number of hydrogen-bond donors (Lipinski definition) is 1. The molecule has 4 rings (SSSR count). The third kappa shape index (κ3) is 4.58. The van der Waals surface area contributed by atoms with E-state index in [4.69, 9.17) is 4.74 Å². The van der Waals surface area contributed by atoms with Crippen molar-refractivity contribution in [1.82, 2.24) is 0 Å². The Hall–Kier alpha value is -3.67. The molecule has 1 saturated heterocycles. The summed E-state index contributed by atoms with van der Waals surface area (Å²) in [6.07, 6.45) is 0.990.